The molecular formula is C28H53NO4S. The van der Waals surface area contributed by atoms with Crippen molar-refractivity contribution >= 4 is 23.0 Å². The van der Waals surface area contributed by atoms with Crippen molar-refractivity contribution in [1.29, 1.82) is 0 Å². The fourth-order valence-corrected chi connectivity index (χ4v) is 4.44. The van der Waals surface area contributed by atoms with Crippen molar-refractivity contribution < 1.29 is 19.4 Å². The Hall–Kier alpha value is -1.01. The summed E-state index contributed by atoms with van der Waals surface area (Å²) in [5, 5.41) is 8.77. The molecule has 2 atom stereocenters. The molecule has 5 nitrogen and oxygen atoms in total. The molecule has 0 aromatic heterocycles. The number of hydrogen-bond acceptors (Lipinski definition) is 4. The second-order valence-electron chi connectivity index (χ2n) is 9.16. The van der Waals surface area contributed by atoms with Gasteiger partial charge in [-0.25, -0.2) is 0 Å². The average Bonchev–Trinajstić information content (AvgIpc) is 3.57. The molecule has 1 amide bonds. The third-order valence-corrected chi connectivity index (χ3v) is 7.05. The van der Waals surface area contributed by atoms with Gasteiger partial charge in [0.25, 0.3) is 5.24 Å². The van der Waals surface area contributed by atoms with E-state index in [1.54, 1.807) is 0 Å². The predicted molar refractivity (Wildman–Crippen MR) is 147 cm³/mol. The van der Waals surface area contributed by atoms with Crippen LogP contribution in [0.4, 0.5) is 4.79 Å². The van der Waals surface area contributed by atoms with Crippen LogP contribution in [0.3, 0.4) is 0 Å². The number of nitrogens with zero attached hydrogens (tertiary/aromatic N) is 1. The lowest BCUT2D eigenvalue weighted by Gasteiger charge is -2.19. The summed E-state index contributed by atoms with van der Waals surface area (Å²) in [5.74, 6) is 0.273. The minimum atomic E-state index is -0.673. The molecule has 1 aliphatic rings. The molecule has 0 aromatic carbocycles. The number of rotatable bonds is 20. The summed E-state index contributed by atoms with van der Waals surface area (Å²) in [4.78, 5) is 23.8. The first kappa shape index (κ1) is 33.0. The van der Waals surface area contributed by atoms with Crippen molar-refractivity contribution in [2.75, 3.05) is 18.8 Å². The minimum absolute atomic E-state index is 0.248. The van der Waals surface area contributed by atoms with Gasteiger partial charge in [-0.3, -0.25) is 9.59 Å². The second-order valence-corrected chi connectivity index (χ2v) is 10.2. The molecule has 0 unspecified atom stereocenters. The minimum Gasteiger partial charge on any atom is -0.481 e. The molecule has 1 heterocycles. The molecule has 34 heavy (non-hydrogen) atoms. The maximum Gasteiger partial charge on any atom is 0.303 e. The largest absolute Gasteiger partial charge is 0.481 e. The molecule has 1 N–H and O–H groups in total. The van der Waals surface area contributed by atoms with E-state index < -0.39 is 5.97 Å². The molecular weight excluding hydrogens is 446 g/mol. The highest BCUT2D eigenvalue weighted by Gasteiger charge is 2.36. The Morgan fingerprint density at radius 3 is 2.21 bits per heavy atom. The number of thioether (sulfide) groups is 1. The number of aliphatic carboxylic acids is 1. The summed E-state index contributed by atoms with van der Waals surface area (Å²) in [6.45, 7) is 10.3. The first-order valence-corrected chi connectivity index (χ1v) is 14.9. The Morgan fingerprint density at radius 2 is 1.56 bits per heavy atom. The first-order valence-electron chi connectivity index (χ1n) is 13.9. The van der Waals surface area contributed by atoms with E-state index in [1.165, 1.54) is 50.3 Å². The van der Waals surface area contributed by atoms with Crippen LogP contribution >= 0.6 is 11.8 Å². The monoisotopic (exact) mass is 499 g/mol. The number of carbonyl (C=O) groups is 2. The highest BCUT2D eigenvalue weighted by molar-refractivity contribution is 8.13. The molecule has 0 aliphatic carbocycles. The summed E-state index contributed by atoms with van der Waals surface area (Å²) in [6, 6.07) is 0. The van der Waals surface area contributed by atoms with Gasteiger partial charge in [0.05, 0.1) is 12.2 Å². The van der Waals surface area contributed by atoms with Crippen LogP contribution in [0.5, 0.6) is 0 Å². The zero-order valence-corrected chi connectivity index (χ0v) is 23.4. The van der Waals surface area contributed by atoms with E-state index in [0.29, 0.717) is 18.6 Å². The fraction of sp³-hybridized carbons (Fsp3) is 0.857. The van der Waals surface area contributed by atoms with E-state index in [9.17, 15) is 9.59 Å². The predicted octanol–water partition coefficient (Wildman–Crippen LogP) is 8.47. The molecule has 6 heteroatoms. The molecule has 0 radical (unpaired) electrons. The van der Waals surface area contributed by atoms with Crippen molar-refractivity contribution in [2.24, 2.45) is 0 Å². The maximum absolute atomic E-state index is 11.5. The number of carbonyl (C=O) groups excluding carboxylic acids is 1. The highest BCUT2D eigenvalue weighted by atomic mass is 32.2. The van der Waals surface area contributed by atoms with Crippen molar-refractivity contribution in [3.63, 3.8) is 0 Å². The lowest BCUT2D eigenvalue weighted by Crippen LogP contribution is -2.28. The summed E-state index contributed by atoms with van der Waals surface area (Å²) >= 11 is 1.45. The van der Waals surface area contributed by atoms with Gasteiger partial charge in [0.1, 0.15) is 0 Å². The number of carboxylic acid groups (broad SMARTS) is 1. The molecule has 0 aromatic rings. The van der Waals surface area contributed by atoms with Gasteiger partial charge >= 0.3 is 5.97 Å². The lowest BCUT2D eigenvalue weighted by atomic mass is 10.1. The molecule has 1 saturated heterocycles. The van der Waals surface area contributed by atoms with Crippen LogP contribution in [0.2, 0.25) is 0 Å². The topological polar surface area (TPSA) is 70.1 Å². The van der Waals surface area contributed by atoms with Crippen LogP contribution in [-0.4, -0.2) is 52.3 Å². The van der Waals surface area contributed by atoms with Crippen LogP contribution < -0.4 is 0 Å². The van der Waals surface area contributed by atoms with E-state index in [1.807, 2.05) is 11.8 Å². The van der Waals surface area contributed by atoms with Gasteiger partial charge in [0.15, 0.2) is 0 Å². The average molecular weight is 500 g/mol. The summed E-state index contributed by atoms with van der Waals surface area (Å²) in [7, 11) is 0. The molecule has 200 valence electrons. The van der Waals surface area contributed by atoms with E-state index in [-0.39, 0.29) is 5.24 Å². The molecule has 0 spiro atoms. The summed E-state index contributed by atoms with van der Waals surface area (Å²) in [6.07, 6.45) is 22.1. The van der Waals surface area contributed by atoms with Crippen LogP contribution in [0.15, 0.2) is 12.2 Å². The molecule has 0 bridgehead atoms. The number of allylic oxidation sites excluding steroid dienone is 1. The molecule has 1 fully saturated rings. The SMILES string of the molecule is CCCCC[C@H]1O[C@H]1C/C=C\CCCCCCCC(=O)O.CCCCN(CC)C(=O)SCCC. The Labute approximate surface area is 214 Å². The highest BCUT2D eigenvalue weighted by Crippen LogP contribution is 2.30. The van der Waals surface area contributed by atoms with Gasteiger partial charge in [-0.05, 0) is 51.9 Å². The Bertz CT molecular complexity index is 527. The normalized spacial score (nSPS) is 16.8. The van der Waals surface area contributed by atoms with Crippen LogP contribution in [0.25, 0.3) is 0 Å². The van der Waals surface area contributed by atoms with Crippen molar-refractivity contribution in [3.8, 4) is 0 Å². The Kier molecular flexibility index (Phi) is 23.0. The smallest absolute Gasteiger partial charge is 0.303 e. The standard InChI is InChI=1S/C18H32O3.C10H21NOS/c1-2-3-10-13-16-17(21-16)14-11-8-6-4-5-7-9-12-15-18(19)20;1-4-7-8-11(6-3)10(12)13-9-5-2/h8,11,16-17H,2-7,9-10,12-15H2,1H3,(H,19,20);4-9H2,1-3H3/b11-8-;/t16-,17+;/m1./s1. The van der Waals surface area contributed by atoms with Crippen molar-refractivity contribution in [3.05, 3.63) is 12.2 Å². The van der Waals surface area contributed by atoms with Gasteiger partial charge in [0, 0.05) is 25.3 Å². The Morgan fingerprint density at radius 1 is 0.853 bits per heavy atom. The van der Waals surface area contributed by atoms with Crippen molar-refractivity contribution in [2.45, 2.75) is 136 Å². The van der Waals surface area contributed by atoms with E-state index in [4.69, 9.17) is 9.84 Å². The van der Waals surface area contributed by atoms with Crippen LogP contribution in [0, 0.1) is 0 Å². The van der Waals surface area contributed by atoms with Gasteiger partial charge < -0.3 is 14.7 Å². The third kappa shape index (κ3) is 20.4. The summed E-state index contributed by atoms with van der Waals surface area (Å²) in [5.41, 5.74) is 0. The van der Waals surface area contributed by atoms with Gasteiger partial charge in [-0.1, -0.05) is 89.6 Å². The van der Waals surface area contributed by atoms with Gasteiger partial charge in [-0.2, -0.15) is 0 Å². The number of carboxylic acids is 1. The van der Waals surface area contributed by atoms with Crippen LogP contribution in [0.1, 0.15) is 124 Å². The van der Waals surface area contributed by atoms with E-state index in [0.717, 1.165) is 70.2 Å². The number of ether oxygens (including phenoxy) is 1. The maximum atomic E-state index is 11.5. The number of amides is 1. The quantitative estimate of drug-likeness (QED) is 0.103. The first-order chi connectivity index (χ1) is 16.5. The summed E-state index contributed by atoms with van der Waals surface area (Å²) < 4.78 is 5.66. The fourth-order valence-electron chi connectivity index (χ4n) is 3.66. The molecule has 0 saturated carbocycles. The zero-order valence-electron chi connectivity index (χ0n) is 22.6. The molecule has 1 rings (SSSR count). The number of hydrogen-bond donors (Lipinski definition) is 1. The Balaban J connectivity index is 0.000000722. The third-order valence-electron chi connectivity index (χ3n) is 5.93. The van der Waals surface area contributed by atoms with Crippen LogP contribution in [-0.2, 0) is 9.53 Å². The van der Waals surface area contributed by atoms with Gasteiger partial charge in [-0.15, -0.1) is 0 Å². The second kappa shape index (κ2) is 23.7. The van der Waals surface area contributed by atoms with E-state index >= 15 is 0 Å². The van der Waals surface area contributed by atoms with Gasteiger partial charge in [0.2, 0.25) is 0 Å². The number of unbranched alkanes of at least 4 members (excludes halogenated alkanes) is 8. The lowest BCUT2D eigenvalue weighted by molar-refractivity contribution is -0.137. The molecule has 1 aliphatic heterocycles. The van der Waals surface area contributed by atoms with E-state index in [2.05, 4.69) is 32.9 Å². The number of epoxide rings is 1. The zero-order chi connectivity index (χ0) is 25.4. The van der Waals surface area contributed by atoms with Crippen molar-refractivity contribution in [1.82, 2.24) is 4.90 Å².